The molecule has 35 heavy (non-hydrogen) atoms. The van der Waals surface area contributed by atoms with Crippen molar-refractivity contribution in [2.24, 2.45) is 0 Å². The summed E-state index contributed by atoms with van der Waals surface area (Å²) < 4.78 is 13.1. The van der Waals surface area contributed by atoms with Gasteiger partial charge in [0.05, 0.1) is 35.7 Å². The van der Waals surface area contributed by atoms with E-state index in [4.69, 9.17) is 24.4 Å². The molecule has 6 heterocycles. The second-order valence-electron chi connectivity index (χ2n) is 10.1. The first-order valence-corrected chi connectivity index (χ1v) is 13.1. The zero-order valence-electron chi connectivity index (χ0n) is 20.2. The van der Waals surface area contributed by atoms with Crippen molar-refractivity contribution in [2.75, 3.05) is 31.2 Å². The van der Waals surface area contributed by atoms with Crippen LogP contribution in [0.4, 0.5) is 5.95 Å². The van der Waals surface area contributed by atoms with Crippen LogP contribution in [0.3, 0.4) is 0 Å². The zero-order valence-corrected chi connectivity index (χ0v) is 21.0. The van der Waals surface area contributed by atoms with Crippen molar-refractivity contribution in [3.8, 4) is 22.6 Å². The Labute approximate surface area is 208 Å². The Bertz CT molecular complexity index is 1480. The van der Waals surface area contributed by atoms with Crippen molar-refractivity contribution >= 4 is 27.4 Å². The summed E-state index contributed by atoms with van der Waals surface area (Å²) in [6.07, 6.45) is 4.06. The molecule has 3 aliphatic heterocycles. The Morgan fingerprint density at radius 1 is 0.971 bits per heavy atom. The van der Waals surface area contributed by atoms with Gasteiger partial charge < -0.3 is 14.4 Å². The molecule has 2 fully saturated rings. The fourth-order valence-electron chi connectivity index (χ4n) is 5.89. The molecular formula is C27H27N5O2S. The fraction of sp³-hybridized carbons (Fsp3) is 0.407. The van der Waals surface area contributed by atoms with Crippen LogP contribution in [0.1, 0.15) is 43.6 Å². The number of ether oxygens (including phenoxy) is 2. The lowest BCUT2D eigenvalue weighted by molar-refractivity contribution is -0.0662. The fourth-order valence-corrected chi connectivity index (χ4v) is 6.79. The molecule has 3 aromatic heterocycles. The van der Waals surface area contributed by atoms with Gasteiger partial charge in [-0.25, -0.2) is 4.98 Å². The molecule has 2 saturated heterocycles. The summed E-state index contributed by atoms with van der Waals surface area (Å²) in [5.41, 5.74) is 5.33. The molecule has 3 aliphatic rings. The summed E-state index contributed by atoms with van der Waals surface area (Å²) >= 11 is 1.70. The number of rotatable bonds is 3. The van der Waals surface area contributed by atoms with Gasteiger partial charge in [-0.15, -0.1) is 11.3 Å². The van der Waals surface area contributed by atoms with Crippen LogP contribution in [0.2, 0.25) is 0 Å². The number of thiophene rings is 1. The topological polar surface area (TPSA) is 73.3 Å². The third kappa shape index (κ3) is 3.23. The predicted octanol–water partition coefficient (Wildman–Crippen LogP) is 5.21. The van der Waals surface area contributed by atoms with Crippen molar-refractivity contribution in [1.82, 2.24) is 19.9 Å². The van der Waals surface area contributed by atoms with Gasteiger partial charge in [0.1, 0.15) is 5.82 Å². The molecule has 0 spiro atoms. The van der Waals surface area contributed by atoms with Gasteiger partial charge in [0, 0.05) is 34.9 Å². The van der Waals surface area contributed by atoms with Crippen LogP contribution in [-0.2, 0) is 20.7 Å². The van der Waals surface area contributed by atoms with E-state index in [0.29, 0.717) is 30.8 Å². The minimum atomic E-state index is -0.202. The summed E-state index contributed by atoms with van der Waals surface area (Å²) in [6, 6.07) is 8.89. The molecule has 8 heteroatoms. The van der Waals surface area contributed by atoms with Crippen LogP contribution in [0.5, 0.6) is 0 Å². The lowest BCUT2D eigenvalue weighted by Gasteiger charge is -2.27. The molecule has 178 valence electrons. The monoisotopic (exact) mass is 485 g/mol. The number of hydrogen-bond donors (Lipinski definition) is 0. The molecule has 0 radical (unpaired) electrons. The molecule has 2 bridgehead atoms. The predicted molar refractivity (Wildman–Crippen MR) is 137 cm³/mol. The number of aromatic nitrogens is 4. The Hall–Kier alpha value is -2.94. The van der Waals surface area contributed by atoms with Crippen LogP contribution in [0.25, 0.3) is 32.7 Å². The van der Waals surface area contributed by atoms with Gasteiger partial charge in [-0.2, -0.15) is 9.97 Å². The third-order valence-electron chi connectivity index (χ3n) is 7.72. The van der Waals surface area contributed by atoms with Crippen molar-refractivity contribution in [1.29, 1.82) is 0 Å². The molecule has 7 nitrogen and oxygen atoms in total. The summed E-state index contributed by atoms with van der Waals surface area (Å²) in [7, 11) is 0. The van der Waals surface area contributed by atoms with Gasteiger partial charge >= 0.3 is 0 Å². The maximum Gasteiger partial charge on any atom is 0.229 e. The maximum absolute atomic E-state index is 6.48. The van der Waals surface area contributed by atoms with Crippen LogP contribution < -0.4 is 4.90 Å². The van der Waals surface area contributed by atoms with Crippen molar-refractivity contribution in [3.05, 3.63) is 52.8 Å². The number of morpholine rings is 1. The van der Waals surface area contributed by atoms with Gasteiger partial charge in [0.2, 0.25) is 5.95 Å². The molecule has 0 aliphatic carbocycles. The Balaban J connectivity index is 1.32. The van der Waals surface area contributed by atoms with Crippen LogP contribution in [-0.4, -0.2) is 46.2 Å². The minimum absolute atomic E-state index is 0.160. The first kappa shape index (κ1) is 21.4. The first-order valence-electron chi connectivity index (χ1n) is 12.2. The lowest BCUT2D eigenvalue weighted by Crippen LogP contribution is -2.37. The number of pyridine rings is 1. The van der Waals surface area contributed by atoms with Crippen molar-refractivity contribution < 1.29 is 9.47 Å². The molecule has 0 saturated carbocycles. The molecule has 2 unspecified atom stereocenters. The van der Waals surface area contributed by atoms with E-state index in [0.717, 1.165) is 52.8 Å². The molecule has 2 atom stereocenters. The smallest absolute Gasteiger partial charge is 0.229 e. The summed E-state index contributed by atoms with van der Waals surface area (Å²) in [5.74, 6) is 2.09. The SMILES string of the molecule is Cc1nc(-c2cnc(-c3ccc4c(c3)C3(C)CCC4(C)O3)c3ccsc23)nc(N2CCOCC2)n1. The van der Waals surface area contributed by atoms with Gasteiger partial charge in [-0.3, -0.25) is 4.98 Å². The molecule has 7 rings (SSSR count). The number of anilines is 1. The largest absolute Gasteiger partial charge is 0.378 e. The number of fused-ring (bicyclic) bond motifs is 6. The average Bonchev–Trinajstić information content (AvgIpc) is 3.54. The second-order valence-corrected chi connectivity index (χ2v) is 11.0. The van der Waals surface area contributed by atoms with E-state index < -0.39 is 0 Å². The molecule has 4 aromatic rings. The molecule has 0 N–H and O–H groups in total. The van der Waals surface area contributed by atoms with Gasteiger partial charge in [-0.1, -0.05) is 12.1 Å². The number of benzene rings is 1. The highest BCUT2D eigenvalue weighted by Crippen LogP contribution is 2.58. The summed E-state index contributed by atoms with van der Waals surface area (Å²) in [6.45, 7) is 9.31. The first-order chi connectivity index (χ1) is 16.9. The van der Waals surface area contributed by atoms with E-state index in [1.54, 1.807) is 11.3 Å². The second kappa shape index (κ2) is 7.53. The Morgan fingerprint density at radius 3 is 2.60 bits per heavy atom. The van der Waals surface area contributed by atoms with Gasteiger partial charge in [-0.05, 0) is 62.3 Å². The normalized spacial score (nSPS) is 25.4. The lowest BCUT2D eigenvalue weighted by atomic mass is 9.77. The minimum Gasteiger partial charge on any atom is -0.378 e. The standard InChI is InChI=1S/C27H27N5O2S/c1-16-29-24(31-25(30-16)32-9-11-33-12-10-32)19-15-28-22(18-6-13-35-23(18)19)17-4-5-20-21(14-17)27(3)8-7-26(20,2)34-27/h4-6,13-15H,7-12H2,1-3H3. The highest BCUT2D eigenvalue weighted by atomic mass is 32.1. The number of aryl methyl sites for hydroxylation is 1. The van der Waals surface area contributed by atoms with E-state index >= 15 is 0 Å². The van der Waals surface area contributed by atoms with Gasteiger partial charge in [0.15, 0.2) is 5.82 Å². The Morgan fingerprint density at radius 2 is 1.77 bits per heavy atom. The molecule has 1 aromatic carbocycles. The van der Waals surface area contributed by atoms with Crippen molar-refractivity contribution in [3.63, 3.8) is 0 Å². The summed E-state index contributed by atoms with van der Waals surface area (Å²) in [5, 5.41) is 3.25. The van der Waals surface area contributed by atoms with Gasteiger partial charge in [0.25, 0.3) is 0 Å². The highest BCUT2D eigenvalue weighted by Gasteiger charge is 2.54. The van der Waals surface area contributed by atoms with Crippen LogP contribution >= 0.6 is 11.3 Å². The van der Waals surface area contributed by atoms with Crippen molar-refractivity contribution in [2.45, 2.75) is 44.8 Å². The number of nitrogens with zero attached hydrogens (tertiary/aromatic N) is 5. The third-order valence-corrected chi connectivity index (χ3v) is 8.67. The van der Waals surface area contributed by atoms with Crippen LogP contribution in [0.15, 0.2) is 35.8 Å². The highest BCUT2D eigenvalue weighted by molar-refractivity contribution is 7.17. The van der Waals surface area contributed by atoms with E-state index in [-0.39, 0.29) is 11.2 Å². The maximum atomic E-state index is 6.48. The van der Waals surface area contributed by atoms with Crippen LogP contribution in [0, 0.1) is 6.92 Å². The van der Waals surface area contributed by atoms with E-state index in [9.17, 15) is 0 Å². The van der Waals surface area contributed by atoms with E-state index in [1.165, 1.54) is 11.1 Å². The zero-order chi connectivity index (χ0) is 23.8. The van der Waals surface area contributed by atoms with E-state index in [1.807, 2.05) is 13.1 Å². The molecular weight excluding hydrogens is 458 g/mol. The quantitative estimate of drug-likeness (QED) is 0.394. The number of hydrogen-bond acceptors (Lipinski definition) is 8. The average molecular weight is 486 g/mol. The molecule has 0 amide bonds. The Kier molecular flexibility index (Phi) is 4.59. The summed E-state index contributed by atoms with van der Waals surface area (Å²) in [4.78, 5) is 21.3. The van der Waals surface area contributed by atoms with E-state index in [2.05, 4.69) is 53.4 Å².